The molecule has 1 aliphatic heterocycles. The summed E-state index contributed by atoms with van der Waals surface area (Å²) in [6.07, 6.45) is 2.48. The zero-order valence-electron chi connectivity index (χ0n) is 11.4. The molecule has 0 atom stereocenters. The minimum atomic E-state index is 0. The molecule has 1 aromatic carbocycles. The second-order valence-electron chi connectivity index (χ2n) is 4.90. The van der Waals surface area contributed by atoms with Gasteiger partial charge in [-0.3, -0.25) is 4.79 Å². The lowest BCUT2D eigenvalue weighted by molar-refractivity contribution is -0.131. The molecule has 6 heteroatoms. The van der Waals surface area contributed by atoms with E-state index in [9.17, 15) is 4.79 Å². The summed E-state index contributed by atoms with van der Waals surface area (Å²) in [5, 5.41) is 3.99. The summed E-state index contributed by atoms with van der Waals surface area (Å²) in [5.41, 5.74) is 0.982. The molecule has 0 spiro atoms. The number of carbonyl (C=O) groups excluding carboxylic acids is 1. The van der Waals surface area contributed by atoms with Crippen LogP contribution in [0.3, 0.4) is 0 Å². The normalized spacial score (nSPS) is 15.6. The Kier molecular flexibility index (Phi) is 7.30. The first-order chi connectivity index (χ1) is 9.08. The van der Waals surface area contributed by atoms with Crippen molar-refractivity contribution in [1.29, 1.82) is 0 Å². The van der Waals surface area contributed by atoms with Crippen molar-refractivity contribution in [2.24, 2.45) is 0 Å². The Labute approximate surface area is 139 Å². The van der Waals surface area contributed by atoms with Crippen molar-refractivity contribution in [2.45, 2.75) is 25.3 Å². The molecule has 0 aliphatic carbocycles. The molecule has 1 heterocycles. The molecular weight excluding hydrogens is 363 g/mol. The first-order valence-electron chi connectivity index (χ1n) is 6.48. The van der Waals surface area contributed by atoms with Gasteiger partial charge < -0.3 is 10.2 Å². The summed E-state index contributed by atoms with van der Waals surface area (Å²) in [5.74, 6) is 0.162. The number of piperidine rings is 1. The fourth-order valence-electron chi connectivity index (χ4n) is 2.35. The van der Waals surface area contributed by atoms with Crippen molar-refractivity contribution < 1.29 is 4.79 Å². The number of hydrogen-bond acceptors (Lipinski definition) is 2. The van der Waals surface area contributed by atoms with Crippen LogP contribution in [0.15, 0.2) is 22.7 Å². The Bertz CT molecular complexity index is 464. The van der Waals surface area contributed by atoms with Crippen LogP contribution in [-0.2, 0) is 11.2 Å². The van der Waals surface area contributed by atoms with E-state index < -0.39 is 0 Å². The number of nitrogens with one attached hydrogen (secondary N) is 1. The van der Waals surface area contributed by atoms with Gasteiger partial charge in [-0.2, -0.15) is 0 Å². The van der Waals surface area contributed by atoms with Crippen LogP contribution >= 0.6 is 39.9 Å². The fraction of sp³-hybridized carbons (Fsp3) is 0.500. The predicted octanol–water partition coefficient (Wildman–Crippen LogP) is 3.28. The van der Waals surface area contributed by atoms with E-state index in [-0.39, 0.29) is 18.3 Å². The minimum absolute atomic E-state index is 0. The Morgan fingerprint density at radius 1 is 1.45 bits per heavy atom. The fourth-order valence-corrected chi connectivity index (χ4v) is 3.17. The summed E-state index contributed by atoms with van der Waals surface area (Å²) < 4.78 is 0.895. The summed E-state index contributed by atoms with van der Waals surface area (Å²) in [6, 6.07) is 5.91. The summed E-state index contributed by atoms with van der Waals surface area (Å²) in [6.45, 7) is 1.99. The highest BCUT2D eigenvalue weighted by molar-refractivity contribution is 9.10. The number of rotatable bonds is 3. The molecule has 1 aromatic rings. The Morgan fingerprint density at radius 3 is 2.70 bits per heavy atom. The summed E-state index contributed by atoms with van der Waals surface area (Å²) >= 11 is 9.36. The average molecular weight is 382 g/mol. The first-order valence-corrected chi connectivity index (χ1v) is 7.65. The number of nitrogens with zero attached hydrogens (tertiary/aromatic N) is 1. The van der Waals surface area contributed by atoms with Crippen LogP contribution in [0.5, 0.6) is 0 Å². The zero-order valence-corrected chi connectivity index (χ0v) is 14.5. The van der Waals surface area contributed by atoms with Gasteiger partial charge in [-0.25, -0.2) is 0 Å². The lowest BCUT2D eigenvalue weighted by Crippen LogP contribution is -2.44. The van der Waals surface area contributed by atoms with E-state index in [1.54, 1.807) is 0 Å². The molecule has 0 aromatic heterocycles. The second kappa shape index (κ2) is 8.23. The largest absolute Gasteiger partial charge is 0.342 e. The van der Waals surface area contributed by atoms with E-state index in [4.69, 9.17) is 11.6 Å². The number of carbonyl (C=O) groups is 1. The van der Waals surface area contributed by atoms with E-state index in [0.717, 1.165) is 36.0 Å². The molecule has 112 valence electrons. The number of amides is 1. The minimum Gasteiger partial charge on any atom is -0.342 e. The van der Waals surface area contributed by atoms with Gasteiger partial charge in [0.2, 0.25) is 5.91 Å². The van der Waals surface area contributed by atoms with Gasteiger partial charge in [-0.1, -0.05) is 33.6 Å². The summed E-state index contributed by atoms with van der Waals surface area (Å²) in [7, 11) is 1.90. The second-order valence-corrected chi connectivity index (χ2v) is 6.19. The van der Waals surface area contributed by atoms with Crippen LogP contribution in [0.25, 0.3) is 0 Å². The highest BCUT2D eigenvalue weighted by atomic mass is 79.9. The van der Waals surface area contributed by atoms with E-state index in [0.29, 0.717) is 17.5 Å². The van der Waals surface area contributed by atoms with Gasteiger partial charge >= 0.3 is 0 Å². The van der Waals surface area contributed by atoms with Crippen LogP contribution in [0, 0.1) is 0 Å². The molecule has 20 heavy (non-hydrogen) atoms. The molecule has 1 amide bonds. The van der Waals surface area contributed by atoms with Gasteiger partial charge in [0.1, 0.15) is 0 Å². The molecule has 1 aliphatic rings. The molecule has 1 saturated heterocycles. The number of halogens is 3. The average Bonchev–Trinajstić information content (AvgIpc) is 2.42. The van der Waals surface area contributed by atoms with Crippen LogP contribution in [0.4, 0.5) is 0 Å². The van der Waals surface area contributed by atoms with Crippen molar-refractivity contribution in [3.05, 3.63) is 33.3 Å². The molecule has 1 N–H and O–H groups in total. The van der Waals surface area contributed by atoms with E-state index in [2.05, 4.69) is 21.2 Å². The topological polar surface area (TPSA) is 32.3 Å². The van der Waals surface area contributed by atoms with Gasteiger partial charge in [0.05, 0.1) is 6.42 Å². The Morgan fingerprint density at radius 2 is 2.10 bits per heavy atom. The summed E-state index contributed by atoms with van der Waals surface area (Å²) in [4.78, 5) is 14.2. The highest BCUT2D eigenvalue weighted by Crippen LogP contribution is 2.23. The third-order valence-electron chi connectivity index (χ3n) is 3.61. The van der Waals surface area contributed by atoms with E-state index >= 15 is 0 Å². The van der Waals surface area contributed by atoms with Gasteiger partial charge in [-0.05, 0) is 43.6 Å². The third-order valence-corrected chi connectivity index (χ3v) is 4.58. The maximum Gasteiger partial charge on any atom is 0.227 e. The van der Waals surface area contributed by atoms with Crippen LogP contribution < -0.4 is 5.32 Å². The predicted molar refractivity (Wildman–Crippen MR) is 88.8 cm³/mol. The molecule has 0 bridgehead atoms. The molecule has 0 radical (unpaired) electrons. The van der Waals surface area contributed by atoms with Crippen molar-refractivity contribution in [1.82, 2.24) is 10.2 Å². The van der Waals surface area contributed by atoms with Gasteiger partial charge in [-0.15, -0.1) is 12.4 Å². The van der Waals surface area contributed by atoms with Crippen LogP contribution in [0.2, 0.25) is 5.02 Å². The maximum absolute atomic E-state index is 12.3. The third kappa shape index (κ3) is 4.62. The standard InChI is InChI=1S/C14H18BrClN2O.ClH/c1-18(12-4-6-17-7-5-12)14(19)8-10-2-3-11(16)9-13(10)15;/h2-3,9,12,17H,4-8H2,1H3;1H. The van der Waals surface area contributed by atoms with E-state index in [1.807, 2.05) is 30.1 Å². The van der Waals surface area contributed by atoms with Crippen LogP contribution in [0.1, 0.15) is 18.4 Å². The quantitative estimate of drug-likeness (QED) is 0.871. The van der Waals surface area contributed by atoms with Crippen LogP contribution in [-0.4, -0.2) is 37.0 Å². The monoisotopic (exact) mass is 380 g/mol. The van der Waals surface area contributed by atoms with E-state index in [1.165, 1.54) is 0 Å². The Hall–Kier alpha value is -0.290. The van der Waals surface area contributed by atoms with Gasteiger partial charge in [0.25, 0.3) is 0 Å². The molecule has 1 fully saturated rings. The van der Waals surface area contributed by atoms with Crippen molar-refractivity contribution in [3.63, 3.8) is 0 Å². The smallest absolute Gasteiger partial charge is 0.227 e. The van der Waals surface area contributed by atoms with Gasteiger partial charge in [0.15, 0.2) is 0 Å². The lowest BCUT2D eigenvalue weighted by Gasteiger charge is -2.31. The van der Waals surface area contributed by atoms with Gasteiger partial charge in [0, 0.05) is 22.6 Å². The lowest BCUT2D eigenvalue weighted by atomic mass is 10.0. The molecule has 3 nitrogen and oxygen atoms in total. The zero-order chi connectivity index (χ0) is 13.8. The van der Waals surface area contributed by atoms with Crippen molar-refractivity contribution in [3.8, 4) is 0 Å². The number of hydrogen-bond donors (Lipinski definition) is 1. The van der Waals surface area contributed by atoms with Crippen molar-refractivity contribution in [2.75, 3.05) is 20.1 Å². The number of benzene rings is 1. The highest BCUT2D eigenvalue weighted by Gasteiger charge is 2.22. The molecule has 0 unspecified atom stereocenters. The SMILES string of the molecule is CN(C(=O)Cc1ccc(Cl)cc1Br)C1CCNCC1.Cl. The Balaban J connectivity index is 0.00000200. The first kappa shape index (κ1) is 17.8. The molecule has 0 saturated carbocycles. The number of likely N-dealkylation sites (N-methyl/N-ethyl adjacent to an activating group) is 1. The maximum atomic E-state index is 12.3. The molecule has 2 rings (SSSR count). The molecular formula is C14H19BrCl2N2O. The van der Waals surface area contributed by atoms with Crippen molar-refractivity contribution >= 4 is 45.8 Å².